The van der Waals surface area contributed by atoms with Crippen LogP contribution in [0.1, 0.15) is 19.8 Å². The van der Waals surface area contributed by atoms with Gasteiger partial charge in [-0.25, -0.2) is 0 Å². The molecule has 0 radical (unpaired) electrons. The van der Waals surface area contributed by atoms with Crippen molar-refractivity contribution < 1.29 is 4.74 Å². The molecule has 0 amide bonds. The van der Waals surface area contributed by atoms with Gasteiger partial charge in [0.05, 0.1) is 0 Å². The molecule has 0 aromatic heterocycles. The van der Waals surface area contributed by atoms with E-state index in [2.05, 4.69) is 19.7 Å². The van der Waals surface area contributed by atoms with E-state index in [4.69, 9.17) is 4.74 Å². The van der Waals surface area contributed by atoms with Crippen LogP contribution in [0.3, 0.4) is 0 Å². The van der Waals surface area contributed by atoms with E-state index < -0.39 is 0 Å². The quantitative estimate of drug-likeness (QED) is 0.645. The Morgan fingerprint density at radius 1 is 1.29 bits per heavy atom. The molecule has 0 aromatic rings. The second-order valence-electron chi connectivity index (χ2n) is 3.83. The van der Waals surface area contributed by atoms with Gasteiger partial charge in [0.1, 0.15) is 11.9 Å². The second kappa shape index (κ2) is 6.74. The molecule has 17 heavy (non-hydrogen) atoms. The minimum Gasteiger partial charge on any atom is -0.486 e. The maximum atomic E-state index is 5.96. The van der Waals surface area contributed by atoms with Crippen molar-refractivity contribution in [2.45, 2.75) is 25.9 Å². The van der Waals surface area contributed by atoms with Crippen molar-refractivity contribution in [2.24, 2.45) is 0 Å². The number of hydrogen-bond donors (Lipinski definition) is 0. The molecule has 0 saturated carbocycles. The summed E-state index contributed by atoms with van der Waals surface area (Å²) in [7, 11) is 0. The summed E-state index contributed by atoms with van der Waals surface area (Å²) >= 11 is 0. The fraction of sp³-hybridized carbons (Fsp3) is 0.250. The summed E-state index contributed by atoms with van der Waals surface area (Å²) in [6.07, 6.45) is 13.4. The van der Waals surface area contributed by atoms with Crippen LogP contribution >= 0.6 is 0 Å². The third-order valence-electron chi connectivity index (χ3n) is 2.76. The first kappa shape index (κ1) is 13.3. The third kappa shape index (κ3) is 3.35. The summed E-state index contributed by atoms with van der Waals surface area (Å²) in [5.74, 6) is 0.943. The molecule has 90 valence electrons. The summed E-state index contributed by atoms with van der Waals surface area (Å²) in [4.78, 5) is 0. The Labute approximate surface area is 104 Å². The summed E-state index contributed by atoms with van der Waals surface area (Å²) in [5, 5.41) is 0. The van der Waals surface area contributed by atoms with E-state index in [1.807, 2.05) is 31.2 Å². The molecule has 1 aliphatic heterocycles. The molecule has 0 N–H and O–H groups in total. The lowest BCUT2D eigenvalue weighted by atomic mass is 9.96. The van der Waals surface area contributed by atoms with E-state index in [0.29, 0.717) is 0 Å². The van der Waals surface area contributed by atoms with Crippen LogP contribution in [0, 0.1) is 0 Å². The summed E-state index contributed by atoms with van der Waals surface area (Å²) in [5.41, 5.74) is 2.29. The molecule has 1 unspecified atom stereocenters. The predicted molar refractivity (Wildman–Crippen MR) is 74.6 cm³/mol. The van der Waals surface area contributed by atoms with Crippen molar-refractivity contribution in [3.63, 3.8) is 0 Å². The monoisotopic (exact) mass is 228 g/mol. The molecule has 1 nitrogen and oxygen atoms in total. The molecule has 1 heterocycles. The Balaban J connectivity index is 2.89. The highest BCUT2D eigenvalue weighted by Gasteiger charge is 2.22. The van der Waals surface area contributed by atoms with Crippen molar-refractivity contribution in [1.82, 2.24) is 0 Å². The van der Waals surface area contributed by atoms with Crippen LogP contribution in [0.5, 0.6) is 0 Å². The molecule has 0 bridgehead atoms. The number of allylic oxidation sites excluding steroid dienone is 6. The maximum absolute atomic E-state index is 5.96. The van der Waals surface area contributed by atoms with Crippen LogP contribution in [0.25, 0.3) is 0 Å². The van der Waals surface area contributed by atoms with E-state index in [1.54, 1.807) is 12.2 Å². The molecule has 1 fully saturated rings. The maximum Gasteiger partial charge on any atom is 0.124 e. The molecule has 1 saturated heterocycles. The molecule has 0 aliphatic carbocycles. The molecule has 1 aliphatic rings. The van der Waals surface area contributed by atoms with E-state index in [0.717, 1.165) is 24.2 Å². The second-order valence-corrected chi connectivity index (χ2v) is 3.83. The van der Waals surface area contributed by atoms with Crippen LogP contribution in [0.4, 0.5) is 0 Å². The first-order chi connectivity index (χ1) is 8.26. The van der Waals surface area contributed by atoms with Gasteiger partial charge >= 0.3 is 0 Å². The fourth-order valence-electron chi connectivity index (χ4n) is 1.94. The average molecular weight is 228 g/mol. The zero-order valence-corrected chi connectivity index (χ0v) is 10.5. The molecule has 1 atom stereocenters. The van der Waals surface area contributed by atoms with Gasteiger partial charge in [0.2, 0.25) is 0 Å². The lowest BCUT2D eigenvalue weighted by Gasteiger charge is -2.28. The number of ether oxygens (including phenoxy) is 1. The Hall–Kier alpha value is -1.76. The zero-order valence-electron chi connectivity index (χ0n) is 10.5. The molecule has 1 heteroatoms. The normalized spacial score (nSPS) is 25.5. The Kier molecular flexibility index (Phi) is 5.28. The van der Waals surface area contributed by atoms with Crippen molar-refractivity contribution in [2.75, 3.05) is 0 Å². The molecule has 0 spiro atoms. The van der Waals surface area contributed by atoms with E-state index in [1.165, 1.54) is 5.57 Å². The van der Waals surface area contributed by atoms with E-state index in [-0.39, 0.29) is 6.10 Å². The van der Waals surface area contributed by atoms with Gasteiger partial charge in [-0.2, -0.15) is 0 Å². The van der Waals surface area contributed by atoms with Crippen molar-refractivity contribution >= 4 is 0 Å². The zero-order chi connectivity index (χ0) is 12.7. The standard InChI is InChI=1S/C16H20O/c1-5-9-13(7-3)16-12-11-14(10-6-2)15(8-4)17-16/h5-10,16H,1-3,11-12H2,4H3/b13-9+,14-10-,15-8+. The van der Waals surface area contributed by atoms with Crippen LogP contribution in [0.15, 0.2) is 73.1 Å². The van der Waals surface area contributed by atoms with Crippen molar-refractivity contribution in [3.8, 4) is 0 Å². The molecule has 0 aromatic carbocycles. The van der Waals surface area contributed by atoms with Gasteiger partial charge < -0.3 is 4.74 Å². The minimum atomic E-state index is 0.0821. The Bertz CT molecular complexity index is 394. The summed E-state index contributed by atoms with van der Waals surface area (Å²) in [6, 6.07) is 0. The third-order valence-corrected chi connectivity index (χ3v) is 2.76. The van der Waals surface area contributed by atoms with Crippen molar-refractivity contribution in [1.29, 1.82) is 0 Å². The highest BCUT2D eigenvalue weighted by atomic mass is 16.5. The van der Waals surface area contributed by atoms with E-state index >= 15 is 0 Å². The number of rotatable bonds is 4. The molecular formula is C16H20O. The highest BCUT2D eigenvalue weighted by molar-refractivity contribution is 5.34. The van der Waals surface area contributed by atoms with Gasteiger partial charge in [-0.15, -0.1) is 0 Å². The van der Waals surface area contributed by atoms with Crippen LogP contribution in [0.2, 0.25) is 0 Å². The first-order valence-corrected chi connectivity index (χ1v) is 5.86. The van der Waals surface area contributed by atoms with Gasteiger partial charge in [-0.3, -0.25) is 0 Å². The summed E-state index contributed by atoms with van der Waals surface area (Å²) < 4.78 is 5.96. The fourth-order valence-corrected chi connectivity index (χ4v) is 1.94. The predicted octanol–water partition coefficient (Wildman–Crippen LogP) is 4.48. The highest BCUT2D eigenvalue weighted by Crippen LogP contribution is 2.31. The Morgan fingerprint density at radius 2 is 2.06 bits per heavy atom. The van der Waals surface area contributed by atoms with Crippen LogP contribution in [-0.4, -0.2) is 6.10 Å². The van der Waals surface area contributed by atoms with E-state index in [9.17, 15) is 0 Å². The average Bonchev–Trinajstić information content (AvgIpc) is 2.37. The van der Waals surface area contributed by atoms with Gasteiger partial charge in [-0.05, 0) is 37.0 Å². The van der Waals surface area contributed by atoms with Gasteiger partial charge in [-0.1, -0.05) is 50.1 Å². The molecule has 1 rings (SSSR count). The van der Waals surface area contributed by atoms with Crippen LogP contribution in [-0.2, 0) is 4.74 Å². The SMILES string of the molecule is C=C/C=C1/CCC(/C(C=C)=C/C=C)O/C1=C/C. The lowest BCUT2D eigenvalue weighted by Crippen LogP contribution is -2.20. The minimum absolute atomic E-state index is 0.0821. The lowest BCUT2D eigenvalue weighted by molar-refractivity contribution is 0.126. The number of hydrogen-bond acceptors (Lipinski definition) is 1. The van der Waals surface area contributed by atoms with Gasteiger partial charge in [0.25, 0.3) is 0 Å². The topological polar surface area (TPSA) is 9.23 Å². The first-order valence-electron chi connectivity index (χ1n) is 5.86. The van der Waals surface area contributed by atoms with Crippen molar-refractivity contribution in [3.05, 3.63) is 73.1 Å². The van der Waals surface area contributed by atoms with Gasteiger partial charge in [0.15, 0.2) is 0 Å². The summed E-state index contributed by atoms with van der Waals surface area (Å²) in [6.45, 7) is 13.2. The largest absolute Gasteiger partial charge is 0.486 e. The van der Waals surface area contributed by atoms with Crippen LogP contribution < -0.4 is 0 Å². The Morgan fingerprint density at radius 3 is 2.59 bits per heavy atom. The van der Waals surface area contributed by atoms with Gasteiger partial charge in [0, 0.05) is 0 Å². The smallest absolute Gasteiger partial charge is 0.124 e. The molecular weight excluding hydrogens is 208 g/mol.